The zero-order valence-corrected chi connectivity index (χ0v) is 34.9. The predicted molar refractivity (Wildman–Crippen MR) is 210 cm³/mol. The fourth-order valence-electron chi connectivity index (χ4n) is 13.4. The number of aromatic nitrogens is 1. The van der Waals surface area contributed by atoms with E-state index in [0.717, 1.165) is 56.1 Å². The number of carboxylic acids is 1. The normalized spacial score (nSPS) is 36.0. The molecule has 9 atom stereocenters. The lowest BCUT2D eigenvalue weighted by molar-refractivity contribution is -0.235. The Bertz CT molecular complexity index is 1720. The number of fused-ring (bicyclic) bond motifs is 7. The Hall–Kier alpha value is -3.11. The van der Waals surface area contributed by atoms with Gasteiger partial charge in [-0.1, -0.05) is 60.1 Å². The number of hydrogen-bond acceptors (Lipinski definition) is 8. The first-order valence-corrected chi connectivity index (χ1v) is 20.8. The summed E-state index contributed by atoms with van der Waals surface area (Å²) in [5.74, 6) is -0.634. The van der Waals surface area contributed by atoms with Crippen LogP contribution in [0, 0.1) is 56.2 Å². The zero-order chi connectivity index (χ0) is 40.5. The molecule has 0 spiro atoms. The number of carbonyl (C=O) groups is 4. The molecule has 4 fully saturated rings. The van der Waals surface area contributed by atoms with Gasteiger partial charge in [0.05, 0.1) is 24.5 Å². The van der Waals surface area contributed by atoms with Crippen molar-refractivity contribution in [1.29, 1.82) is 0 Å². The number of allylic oxidation sites excluding steroid dienone is 1. The van der Waals surface area contributed by atoms with Gasteiger partial charge >= 0.3 is 11.9 Å². The molecule has 4 saturated carbocycles. The number of carbonyl (C=O) groups excluding carboxylic acids is 3. The summed E-state index contributed by atoms with van der Waals surface area (Å²) in [6, 6.07) is 3.75. The molecule has 0 radical (unpaired) electrons. The highest BCUT2D eigenvalue weighted by atomic mass is 16.5. The van der Waals surface area contributed by atoms with E-state index >= 15 is 0 Å². The van der Waals surface area contributed by atoms with Crippen molar-refractivity contribution in [2.75, 3.05) is 13.1 Å². The van der Waals surface area contributed by atoms with Gasteiger partial charge in [0, 0.05) is 42.7 Å². The molecule has 0 aliphatic heterocycles. The van der Waals surface area contributed by atoms with Gasteiger partial charge in [0.1, 0.15) is 6.10 Å². The number of nitrogens with two attached hydrogens (primary N) is 1. The molecule has 304 valence electrons. The number of carboxylic acid groups (broad SMARTS) is 1. The number of ketones is 1. The van der Waals surface area contributed by atoms with Gasteiger partial charge in [-0.25, -0.2) is 0 Å². The largest absolute Gasteiger partial charge is 0.481 e. The Kier molecular flexibility index (Phi) is 10.8. The van der Waals surface area contributed by atoms with Crippen molar-refractivity contribution in [2.45, 2.75) is 145 Å². The molecule has 10 heteroatoms. The van der Waals surface area contributed by atoms with Gasteiger partial charge in [0.15, 0.2) is 5.78 Å². The topological polar surface area (TPSA) is 160 Å². The van der Waals surface area contributed by atoms with Crippen LogP contribution in [0.4, 0.5) is 0 Å². The Morgan fingerprint density at radius 3 is 2.33 bits per heavy atom. The number of aliphatic carboxylic acids is 1. The van der Waals surface area contributed by atoms with Crippen LogP contribution in [-0.4, -0.2) is 69.0 Å². The van der Waals surface area contributed by atoms with Crippen LogP contribution in [0.2, 0.25) is 0 Å². The molecule has 5 aliphatic rings. The first-order chi connectivity index (χ1) is 25.6. The molecule has 55 heavy (non-hydrogen) atoms. The van der Waals surface area contributed by atoms with Crippen LogP contribution in [0.5, 0.6) is 0 Å². The third-order valence-electron chi connectivity index (χ3n) is 16.5. The summed E-state index contributed by atoms with van der Waals surface area (Å²) in [6.45, 7) is 19.6. The Morgan fingerprint density at radius 2 is 1.71 bits per heavy atom. The zero-order valence-electron chi connectivity index (χ0n) is 34.9. The van der Waals surface area contributed by atoms with Crippen LogP contribution < -0.4 is 5.73 Å². The number of pyridine rings is 1. The maximum absolute atomic E-state index is 14.2. The first kappa shape index (κ1) is 41.5. The Labute approximate surface area is 328 Å². The van der Waals surface area contributed by atoms with E-state index in [4.69, 9.17) is 10.5 Å². The van der Waals surface area contributed by atoms with Crippen molar-refractivity contribution in [3.05, 3.63) is 41.2 Å². The molecule has 1 heterocycles. The van der Waals surface area contributed by atoms with E-state index in [9.17, 15) is 29.4 Å². The minimum absolute atomic E-state index is 0.0118. The minimum Gasteiger partial charge on any atom is -0.481 e. The Morgan fingerprint density at radius 1 is 1.00 bits per heavy atom. The maximum Gasteiger partial charge on any atom is 0.309 e. The van der Waals surface area contributed by atoms with Gasteiger partial charge in [0.25, 0.3) is 0 Å². The van der Waals surface area contributed by atoms with E-state index in [2.05, 4.69) is 53.5 Å². The summed E-state index contributed by atoms with van der Waals surface area (Å²) >= 11 is 0. The molecule has 0 bridgehead atoms. The molecular formula is C45H67N3O7. The second kappa shape index (κ2) is 14.4. The lowest BCUT2D eigenvalue weighted by Crippen LogP contribution is -2.66. The van der Waals surface area contributed by atoms with Crippen molar-refractivity contribution < 1.29 is 34.1 Å². The average molecular weight is 762 g/mol. The number of aliphatic hydroxyl groups excluding tert-OH is 1. The van der Waals surface area contributed by atoms with Crippen LogP contribution in [-0.2, 0) is 30.5 Å². The molecule has 4 N–H and O–H groups in total. The van der Waals surface area contributed by atoms with Gasteiger partial charge in [-0.05, 0) is 122 Å². The van der Waals surface area contributed by atoms with E-state index in [1.807, 2.05) is 12.1 Å². The number of aliphatic hydroxyl groups is 1. The number of hydrogen-bond donors (Lipinski definition) is 3. The van der Waals surface area contributed by atoms with Crippen molar-refractivity contribution in [3.63, 3.8) is 0 Å². The number of esters is 1. The average Bonchev–Trinajstić information content (AvgIpc) is 3.42. The van der Waals surface area contributed by atoms with E-state index < -0.39 is 28.9 Å². The van der Waals surface area contributed by atoms with E-state index in [1.165, 1.54) is 5.57 Å². The standard InChI is InChI=1S/C45H67N3O7/c1-27(2)37-30(49)21-45(33(50)26-48(35(51)23-46)25-28-11-10-20-47-24-28)19-18-43(8)29(38(37)45)12-13-32-42(7)16-15-34(55-36(52)22-40(3,4)39(53)54)41(5,6)31(42)14-17-44(32,43)9/h10-11,20,24,27,29,31-34,50H,12-19,21-23,25-26,46H2,1-9H3,(H,53,54). The molecular weight excluding hydrogens is 695 g/mol. The lowest BCUT2D eigenvalue weighted by atomic mass is 9.33. The summed E-state index contributed by atoms with van der Waals surface area (Å²) in [5, 5.41) is 22.1. The molecule has 10 nitrogen and oxygen atoms in total. The van der Waals surface area contributed by atoms with Gasteiger partial charge in [0.2, 0.25) is 5.91 Å². The molecule has 9 unspecified atom stereocenters. The predicted octanol–water partition coefficient (Wildman–Crippen LogP) is 7.12. The molecule has 0 saturated heterocycles. The van der Waals surface area contributed by atoms with Crippen molar-refractivity contribution >= 4 is 23.6 Å². The number of amides is 1. The molecule has 1 amide bonds. The van der Waals surface area contributed by atoms with Crippen molar-refractivity contribution in [2.24, 2.45) is 61.9 Å². The quantitative estimate of drug-likeness (QED) is 0.200. The molecule has 0 aromatic carbocycles. The highest BCUT2D eigenvalue weighted by Crippen LogP contribution is 2.77. The van der Waals surface area contributed by atoms with Crippen LogP contribution in [0.3, 0.4) is 0 Å². The van der Waals surface area contributed by atoms with Gasteiger partial charge in [-0.2, -0.15) is 0 Å². The highest BCUT2D eigenvalue weighted by Gasteiger charge is 2.71. The molecule has 1 aromatic heterocycles. The lowest BCUT2D eigenvalue weighted by Gasteiger charge is -2.72. The van der Waals surface area contributed by atoms with Crippen LogP contribution in [0.25, 0.3) is 0 Å². The second-order valence-electron chi connectivity index (χ2n) is 20.4. The Balaban J connectivity index is 1.30. The third-order valence-corrected chi connectivity index (χ3v) is 16.5. The number of ether oxygens (including phenoxy) is 1. The number of Topliss-reactive ketones (excluding diaryl/α,β-unsaturated/α-hetero) is 1. The van der Waals surface area contributed by atoms with Crippen molar-refractivity contribution in [3.8, 4) is 0 Å². The number of nitrogens with zero attached hydrogens (tertiary/aromatic N) is 2. The summed E-state index contributed by atoms with van der Waals surface area (Å²) in [6.07, 6.45) is 9.60. The highest BCUT2D eigenvalue weighted by molar-refractivity contribution is 6.00. The summed E-state index contributed by atoms with van der Waals surface area (Å²) < 4.78 is 6.16. The molecule has 5 aliphatic carbocycles. The summed E-state index contributed by atoms with van der Waals surface area (Å²) in [7, 11) is 0. The smallest absolute Gasteiger partial charge is 0.309 e. The molecule has 6 rings (SSSR count). The SMILES string of the molecule is CC(C)C1=C2C3CCC4C5(C)CCC(OC(=O)CC(C)(C)C(=O)O)C(C)(C)C5CCC4(C)C3(C)CCC2(C(O)CN(Cc2cccnc2)C(=O)CN)CC1=O. The first-order valence-electron chi connectivity index (χ1n) is 20.8. The minimum atomic E-state index is -1.19. The van der Waals surface area contributed by atoms with Gasteiger partial charge < -0.3 is 25.6 Å². The van der Waals surface area contributed by atoms with E-state index in [-0.39, 0.29) is 77.2 Å². The monoisotopic (exact) mass is 761 g/mol. The van der Waals surface area contributed by atoms with Gasteiger partial charge in [-0.15, -0.1) is 0 Å². The summed E-state index contributed by atoms with van der Waals surface area (Å²) in [5.41, 5.74) is 6.51. The van der Waals surface area contributed by atoms with E-state index in [0.29, 0.717) is 24.8 Å². The second-order valence-corrected chi connectivity index (χ2v) is 20.4. The van der Waals surface area contributed by atoms with E-state index in [1.54, 1.807) is 31.1 Å². The maximum atomic E-state index is 14.2. The van der Waals surface area contributed by atoms with Crippen molar-refractivity contribution in [1.82, 2.24) is 9.88 Å². The van der Waals surface area contributed by atoms with Crippen LogP contribution >= 0.6 is 0 Å². The fraction of sp³-hybridized carbons (Fsp3) is 0.756. The van der Waals surface area contributed by atoms with Crippen LogP contribution in [0.15, 0.2) is 35.7 Å². The number of rotatable bonds is 11. The summed E-state index contributed by atoms with van der Waals surface area (Å²) in [4.78, 5) is 58.2. The van der Waals surface area contributed by atoms with Gasteiger partial charge in [-0.3, -0.25) is 24.2 Å². The third kappa shape index (κ3) is 6.59. The van der Waals surface area contributed by atoms with Crippen LogP contribution in [0.1, 0.15) is 132 Å². The molecule has 1 aromatic rings. The fourth-order valence-corrected chi connectivity index (χ4v) is 13.4.